The second-order valence-electron chi connectivity index (χ2n) is 5.91. The lowest BCUT2D eigenvalue weighted by Gasteiger charge is -2.29. The third kappa shape index (κ3) is 2.73. The van der Waals surface area contributed by atoms with Crippen LogP contribution >= 0.6 is 0 Å². The van der Waals surface area contributed by atoms with Crippen LogP contribution in [0, 0.1) is 11.3 Å². The van der Waals surface area contributed by atoms with Crippen molar-refractivity contribution < 1.29 is 0 Å². The van der Waals surface area contributed by atoms with E-state index >= 15 is 0 Å². The predicted molar refractivity (Wildman–Crippen MR) is 64.8 cm³/mol. The monoisotopic (exact) mass is 210 g/mol. The Morgan fingerprint density at radius 3 is 2.53 bits per heavy atom. The van der Waals surface area contributed by atoms with Gasteiger partial charge in [0.15, 0.2) is 0 Å². The molecule has 2 unspecified atom stereocenters. The summed E-state index contributed by atoms with van der Waals surface area (Å²) in [6, 6.07) is 0.782. The summed E-state index contributed by atoms with van der Waals surface area (Å²) in [7, 11) is 0. The molecule has 0 aliphatic heterocycles. The molecule has 0 aromatic heterocycles. The van der Waals surface area contributed by atoms with Crippen molar-refractivity contribution in [1.29, 1.82) is 0 Å². The normalized spacial score (nSPS) is 34.8. The zero-order valence-corrected chi connectivity index (χ0v) is 10.1. The number of hydrogen-bond donors (Lipinski definition) is 2. The van der Waals surface area contributed by atoms with Crippen molar-refractivity contribution in [2.24, 2.45) is 17.1 Å². The van der Waals surface area contributed by atoms with Crippen LogP contribution in [0.2, 0.25) is 0 Å². The molecular formula is C13H26N2. The minimum absolute atomic E-state index is 0.450. The van der Waals surface area contributed by atoms with Gasteiger partial charge in [0.1, 0.15) is 0 Å². The number of nitrogens with two attached hydrogens (primary N) is 1. The molecule has 2 fully saturated rings. The van der Waals surface area contributed by atoms with Crippen LogP contribution in [-0.4, -0.2) is 19.1 Å². The summed E-state index contributed by atoms with van der Waals surface area (Å²) in [5, 5.41) is 3.77. The fourth-order valence-electron chi connectivity index (χ4n) is 3.33. The minimum Gasteiger partial charge on any atom is -0.330 e. The molecule has 2 rings (SSSR count). The molecule has 0 aromatic carbocycles. The second-order valence-corrected chi connectivity index (χ2v) is 5.91. The van der Waals surface area contributed by atoms with E-state index in [1.807, 2.05) is 0 Å². The summed E-state index contributed by atoms with van der Waals surface area (Å²) >= 11 is 0. The van der Waals surface area contributed by atoms with Gasteiger partial charge in [-0.25, -0.2) is 0 Å². The van der Waals surface area contributed by atoms with Crippen molar-refractivity contribution in [1.82, 2.24) is 5.32 Å². The third-order valence-electron chi connectivity index (χ3n) is 4.56. The number of rotatable bonds is 4. The number of hydrogen-bond acceptors (Lipinski definition) is 2. The average Bonchev–Trinajstić information content (AvgIpc) is 2.85. The summed E-state index contributed by atoms with van der Waals surface area (Å²) in [6.45, 7) is 4.42. The van der Waals surface area contributed by atoms with E-state index in [1.165, 1.54) is 51.5 Å². The highest BCUT2D eigenvalue weighted by atomic mass is 14.9. The lowest BCUT2D eigenvalue weighted by Crippen LogP contribution is -2.41. The zero-order valence-electron chi connectivity index (χ0n) is 10.1. The Labute approximate surface area is 94.0 Å². The molecule has 0 radical (unpaired) electrons. The summed E-state index contributed by atoms with van der Waals surface area (Å²) < 4.78 is 0. The van der Waals surface area contributed by atoms with Crippen molar-refractivity contribution in [3.63, 3.8) is 0 Å². The lowest BCUT2D eigenvalue weighted by molar-refractivity contribution is 0.275. The van der Waals surface area contributed by atoms with Gasteiger partial charge < -0.3 is 11.1 Å². The Morgan fingerprint density at radius 2 is 2.00 bits per heavy atom. The van der Waals surface area contributed by atoms with Crippen molar-refractivity contribution in [3.8, 4) is 0 Å². The SMILES string of the molecule is CC1CCC(NCC2(CN)CCCC2)C1. The van der Waals surface area contributed by atoms with Crippen molar-refractivity contribution in [3.05, 3.63) is 0 Å². The van der Waals surface area contributed by atoms with E-state index < -0.39 is 0 Å². The average molecular weight is 210 g/mol. The van der Waals surface area contributed by atoms with Crippen LogP contribution in [0.15, 0.2) is 0 Å². The van der Waals surface area contributed by atoms with Gasteiger partial charge in [0, 0.05) is 12.6 Å². The van der Waals surface area contributed by atoms with Crippen LogP contribution in [0.1, 0.15) is 51.9 Å². The van der Waals surface area contributed by atoms with Gasteiger partial charge in [0.2, 0.25) is 0 Å². The molecule has 2 heteroatoms. The molecule has 0 heterocycles. The standard InChI is InChI=1S/C13H26N2/c1-11-4-5-12(8-11)15-10-13(9-14)6-2-3-7-13/h11-12,15H,2-10,14H2,1H3. The van der Waals surface area contributed by atoms with Gasteiger partial charge in [-0.3, -0.25) is 0 Å². The first-order chi connectivity index (χ1) is 7.24. The van der Waals surface area contributed by atoms with Gasteiger partial charge in [-0.15, -0.1) is 0 Å². The van der Waals surface area contributed by atoms with Gasteiger partial charge in [-0.2, -0.15) is 0 Å². The molecule has 88 valence electrons. The van der Waals surface area contributed by atoms with E-state index in [1.54, 1.807) is 0 Å². The van der Waals surface area contributed by atoms with E-state index in [9.17, 15) is 0 Å². The lowest BCUT2D eigenvalue weighted by atomic mass is 9.86. The maximum Gasteiger partial charge on any atom is 0.00699 e. The Morgan fingerprint density at radius 1 is 1.27 bits per heavy atom. The fraction of sp³-hybridized carbons (Fsp3) is 1.00. The van der Waals surface area contributed by atoms with Gasteiger partial charge in [-0.05, 0) is 50.0 Å². The summed E-state index contributed by atoms with van der Waals surface area (Å²) in [4.78, 5) is 0. The smallest absolute Gasteiger partial charge is 0.00699 e. The number of nitrogens with one attached hydrogen (secondary N) is 1. The maximum absolute atomic E-state index is 5.94. The molecule has 0 bridgehead atoms. The van der Waals surface area contributed by atoms with E-state index in [2.05, 4.69) is 12.2 Å². The van der Waals surface area contributed by atoms with Crippen molar-refractivity contribution in [2.45, 2.75) is 57.9 Å². The quantitative estimate of drug-likeness (QED) is 0.747. The maximum atomic E-state index is 5.94. The molecule has 2 aliphatic rings. The molecule has 0 amide bonds. The van der Waals surface area contributed by atoms with Gasteiger partial charge in [0.05, 0.1) is 0 Å². The predicted octanol–water partition coefficient (Wildman–Crippen LogP) is 2.28. The summed E-state index contributed by atoms with van der Waals surface area (Å²) in [6.07, 6.45) is 9.63. The highest BCUT2D eigenvalue weighted by Gasteiger charge is 2.33. The molecule has 0 spiro atoms. The van der Waals surface area contributed by atoms with Crippen LogP contribution in [0.25, 0.3) is 0 Å². The molecule has 0 saturated heterocycles. The van der Waals surface area contributed by atoms with E-state index in [4.69, 9.17) is 5.73 Å². The van der Waals surface area contributed by atoms with Crippen molar-refractivity contribution >= 4 is 0 Å². The van der Waals surface area contributed by atoms with Gasteiger partial charge >= 0.3 is 0 Å². The molecule has 3 N–H and O–H groups in total. The molecular weight excluding hydrogens is 184 g/mol. The van der Waals surface area contributed by atoms with Crippen LogP contribution in [-0.2, 0) is 0 Å². The van der Waals surface area contributed by atoms with E-state index in [0.717, 1.165) is 18.5 Å². The Balaban J connectivity index is 1.76. The first-order valence-corrected chi connectivity index (χ1v) is 6.68. The second kappa shape index (κ2) is 4.84. The highest BCUT2D eigenvalue weighted by Crippen LogP contribution is 2.37. The summed E-state index contributed by atoms with van der Waals surface area (Å²) in [5.74, 6) is 0.930. The molecule has 2 nitrogen and oxygen atoms in total. The molecule has 15 heavy (non-hydrogen) atoms. The molecule has 0 aromatic rings. The first kappa shape index (κ1) is 11.4. The van der Waals surface area contributed by atoms with Crippen LogP contribution in [0.4, 0.5) is 0 Å². The fourth-order valence-corrected chi connectivity index (χ4v) is 3.33. The van der Waals surface area contributed by atoms with Gasteiger partial charge in [-0.1, -0.05) is 19.8 Å². The Kier molecular flexibility index (Phi) is 3.68. The zero-order chi connectivity index (χ0) is 10.7. The Bertz CT molecular complexity index is 197. The molecule has 2 saturated carbocycles. The van der Waals surface area contributed by atoms with Crippen LogP contribution in [0.3, 0.4) is 0 Å². The minimum atomic E-state index is 0.450. The largest absolute Gasteiger partial charge is 0.330 e. The van der Waals surface area contributed by atoms with Crippen molar-refractivity contribution in [2.75, 3.05) is 13.1 Å². The molecule has 2 atom stereocenters. The highest BCUT2D eigenvalue weighted by molar-refractivity contribution is 4.89. The van der Waals surface area contributed by atoms with Gasteiger partial charge in [0.25, 0.3) is 0 Å². The van der Waals surface area contributed by atoms with E-state index in [0.29, 0.717) is 5.41 Å². The topological polar surface area (TPSA) is 38.0 Å². The van der Waals surface area contributed by atoms with Crippen LogP contribution < -0.4 is 11.1 Å². The summed E-state index contributed by atoms with van der Waals surface area (Å²) in [5.41, 5.74) is 6.39. The van der Waals surface area contributed by atoms with Crippen LogP contribution in [0.5, 0.6) is 0 Å². The third-order valence-corrected chi connectivity index (χ3v) is 4.56. The van der Waals surface area contributed by atoms with E-state index in [-0.39, 0.29) is 0 Å². The molecule has 2 aliphatic carbocycles. The first-order valence-electron chi connectivity index (χ1n) is 6.68. The Hall–Kier alpha value is -0.0800.